The maximum Gasteiger partial charge on any atom is 0.260 e. The van der Waals surface area contributed by atoms with Gasteiger partial charge in [0.2, 0.25) is 0 Å². The molecule has 1 amide bonds. The number of hydrogen-bond acceptors (Lipinski definition) is 6. The van der Waals surface area contributed by atoms with Crippen LogP contribution in [0.1, 0.15) is 21.5 Å². The van der Waals surface area contributed by atoms with Crippen LogP contribution in [0.5, 0.6) is 11.5 Å². The van der Waals surface area contributed by atoms with E-state index >= 15 is 0 Å². The normalized spacial score (nSPS) is 10.8. The van der Waals surface area contributed by atoms with Gasteiger partial charge in [-0.05, 0) is 63.3 Å². The molecular weight excluding hydrogens is 422 g/mol. The molecule has 3 aromatic rings. The molecule has 0 saturated carbocycles. The number of ether oxygens (including phenoxy) is 2. The fourth-order valence-electron chi connectivity index (χ4n) is 3.18. The van der Waals surface area contributed by atoms with Gasteiger partial charge in [-0.25, -0.2) is 4.98 Å². The summed E-state index contributed by atoms with van der Waals surface area (Å²) in [5, 5.41) is 0.704. The van der Waals surface area contributed by atoms with E-state index in [2.05, 4.69) is 30.9 Å². The Morgan fingerprint density at radius 2 is 1.73 bits per heavy atom. The molecule has 0 saturated heterocycles. The van der Waals surface area contributed by atoms with Gasteiger partial charge in [0.15, 0.2) is 16.6 Å². The highest BCUT2D eigenvalue weighted by Gasteiger charge is 2.23. The zero-order valence-electron chi connectivity index (χ0n) is 18.2. The van der Waals surface area contributed by atoms with E-state index in [1.165, 1.54) is 5.56 Å². The number of benzene rings is 2. The van der Waals surface area contributed by atoms with Gasteiger partial charge < -0.3 is 14.4 Å². The molecule has 6 nitrogen and oxygen atoms in total. The number of aromatic nitrogens is 1. The van der Waals surface area contributed by atoms with Gasteiger partial charge in [0.05, 0.1) is 24.4 Å². The molecule has 0 fully saturated rings. The van der Waals surface area contributed by atoms with Gasteiger partial charge in [-0.1, -0.05) is 17.4 Å². The zero-order valence-corrected chi connectivity index (χ0v) is 19.8. The minimum atomic E-state index is -0.110. The van der Waals surface area contributed by atoms with Gasteiger partial charge >= 0.3 is 0 Å². The summed E-state index contributed by atoms with van der Waals surface area (Å²) in [5.41, 5.74) is 3.80. The van der Waals surface area contributed by atoms with Crippen molar-refractivity contribution >= 4 is 45.0 Å². The number of halogens is 1. The minimum Gasteiger partial charge on any atom is -0.493 e. The van der Waals surface area contributed by atoms with Crippen LogP contribution in [0.25, 0.3) is 10.2 Å². The van der Waals surface area contributed by atoms with E-state index in [4.69, 9.17) is 14.5 Å². The van der Waals surface area contributed by atoms with Crippen LogP contribution in [-0.2, 0) is 0 Å². The number of fused-ring (bicyclic) bond motifs is 1. The average molecular weight is 450 g/mol. The van der Waals surface area contributed by atoms with Crippen molar-refractivity contribution in [3.8, 4) is 11.5 Å². The molecule has 0 aliphatic carbocycles. The number of rotatable bonds is 7. The summed E-state index contributed by atoms with van der Waals surface area (Å²) < 4.78 is 11.8. The Labute approximate surface area is 187 Å². The van der Waals surface area contributed by atoms with Gasteiger partial charge in [-0.2, -0.15) is 0 Å². The molecule has 0 unspecified atom stereocenters. The number of thiazole rings is 1. The molecule has 162 valence electrons. The zero-order chi connectivity index (χ0) is 21.1. The molecule has 0 N–H and O–H groups in total. The topological polar surface area (TPSA) is 54.9 Å². The van der Waals surface area contributed by atoms with Gasteiger partial charge in [-0.3, -0.25) is 9.69 Å². The van der Waals surface area contributed by atoms with Crippen molar-refractivity contribution in [2.45, 2.75) is 13.8 Å². The van der Waals surface area contributed by atoms with E-state index in [-0.39, 0.29) is 18.3 Å². The molecule has 3 rings (SSSR count). The standard InChI is InChI=1S/C22H27N3O3S.ClH/c1-14-11-15(2)20-19(12-14)29-22(23-20)25(10-9-24(3)4)21(26)16-7-8-17(27-5)18(13-16)28-6;/h7-8,11-13H,9-10H2,1-6H3;1H. The number of hydrogen-bond donors (Lipinski definition) is 0. The summed E-state index contributed by atoms with van der Waals surface area (Å²) in [4.78, 5) is 22.0. The van der Waals surface area contributed by atoms with Crippen LogP contribution >= 0.6 is 23.7 Å². The van der Waals surface area contributed by atoms with Crippen molar-refractivity contribution in [2.75, 3.05) is 46.3 Å². The predicted molar refractivity (Wildman–Crippen MR) is 126 cm³/mol. The quantitative estimate of drug-likeness (QED) is 0.529. The number of carbonyl (C=O) groups excluding carboxylic acids is 1. The summed E-state index contributed by atoms with van der Waals surface area (Å²) in [6.45, 7) is 5.40. The Morgan fingerprint density at radius 1 is 1.03 bits per heavy atom. The fourth-order valence-corrected chi connectivity index (χ4v) is 4.35. The van der Waals surface area contributed by atoms with Crippen LogP contribution < -0.4 is 14.4 Å². The summed E-state index contributed by atoms with van der Waals surface area (Å²) in [6, 6.07) is 9.46. The molecule has 1 aromatic heterocycles. The van der Waals surface area contributed by atoms with E-state index in [0.717, 1.165) is 22.3 Å². The van der Waals surface area contributed by atoms with E-state index in [0.29, 0.717) is 28.7 Å². The Bertz CT molecular complexity index is 1040. The number of methoxy groups -OCH3 is 2. The smallest absolute Gasteiger partial charge is 0.260 e. The first-order valence-corrected chi connectivity index (χ1v) is 10.2. The van der Waals surface area contributed by atoms with Crippen LogP contribution in [0.2, 0.25) is 0 Å². The van der Waals surface area contributed by atoms with Crippen molar-refractivity contribution in [2.24, 2.45) is 0 Å². The summed E-state index contributed by atoms with van der Waals surface area (Å²) in [5.74, 6) is 1.01. The van der Waals surface area contributed by atoms with E-state index in [1.807, 2.05) is 14.1 Å². The van der Waals surface area contributed by atoms with Crippen molar-refractivity contribution in [3.05, 3.63) is 47.0 Å². The van der Waals surface area contributed by atoms with Crippen LogP contribution in [0, 0.1) is 13.8 Å². The molecule has 0 bridgehead atoms. The molecule has 0 spiro atoms. The lowest BCUT2D eigenvalue weighted by Gasteiger charge is -2.22. The van der Waals surface area contributed by atoms with Crippen LogP contribution in [0.4, 0.5) is 5.13 Å². The fraction of sp³-hybridized carbons (Fsp3) is 0.364. The number of anilines is 1. The SMILES string of the molecule is COc1ccc(C(=O)N(CCN(C)C)c2nc3c(C)cc(C)cc3s2)cc1OC.Cl. The molecule has 0 aliphatic heterocycles. The summed E-state index contributed by atoms with van der Waals surface area (Å²) in [6.07, 6.45) is 0. The lowest BCUT2D eigenvalue weighted by Crippen LogP contribution is -2.36. The molecule has 2 aromatic carbocycles. The van der Waals surface area contributed by atoms with Crippen molar-refractivity contribution in [3.63, 3.8) is 0 Å². The van der Waals surface area contributed by atoms with Crippen molar-refractivity contribution < 1.29 is 14.3 Å². The predicted octanol–water partition coefficient (Wildman–Crippen LogP) is 4.56. The van der Waals surface area contributed by atoms with Crippen molar-refractivity contribution in [1.82, 2.24) is 9.88 Å². The Kier molecular flexibility index (Phi) is 8.06. The Balaban J connectivity index is 0.00000320. The molecule has 0 atom stereocenters. The third-order valence-electron chi connectivity index (χ3n) is 4.70. The van der Waals surface area contributed by atoms with Crippen LogP contribution in [-0.4, -0.2) is 57.2 Å². The molecule has 1 heterocycles. The summed E-state index contributed by atoms with van der Waals surface area (Å²) >= 11 is 1.55. The summed E-state index contributed by atoms with van der Waals surface area (Å²) in [7, 11) is 7.12. The first-order valence-electron chi connectivity index (χ1n) is 9.40. The first kappa shape index (κ1) is 23.9. The van der Waals surface area contributed by atoms with Gasteiger partial charge in [0, 0.05) is 18.7 Å². The molecule has 30 heavy (non-hydrogen) atoms. The lowest BCUT2D eigenvalue weighted by atomic mass is 10.1. The van der Waals surface area contributed by atoms with Crippen molar-refractivity contribution in [1.29, 1.82) is 0 Å². The van der Waals surface area contributed by atoms with E-state index < -0.39 is 0 Å². The molecule has 0 radical (unpaired) electrons. The number of carbonyl (C=O) groups is 1. The highest BCUT2D eigenvalue weighted by atomic mass is 35.5. The lowest BCUT2D eigenvalue weighted by molar-refractivity contribution is 0.0985. The second-order valence-electron chi connectivity index (χ2n) is 7.25. The Hall–Kier alpha value is -2.35. The largest absolute Gasteiger partial charge is 0.493 e. The number of nitrogens with zero attached hydrogens (tertiary/aromatic N) is 3. The van der Waals surface area contributed by atoms with Gasteiger partial charge in [0.25, 0.3) is 5.91 Å². The highest BCUT2D eigenvalue weighted by molar-refractivity contribution is 7.22. The van der Waals surface area contributed by atoms with Crippen LogP contribution in [0.3, 0.4) is 0 Å². The molecular formula is C22H28ClN3O3S. The van der Waals surface area contributed by atoms with Crippen LogP contribution in [0.15, 0.2) is 30.3 Å². The van der Waals surface area contributed by atoms with E-state index in [9.17, 15) is 4.79 Å². The average Bonchev–Trinajstić information content (AvgIpc) is 3.11. The van der Waals surface area contributed by atoms with Gasteiger partial charge in [0.1, 0.15) is 0 Å². The highest BCUT2D eigenvalue weighted by Crippen LogP contribution is 2.33. The number of likely N-dealkylation sites (N-methyl/N-ethyl adjacent to an activating group) is 1. The number of amides is 1. The monoisotopic (exact) mass is 449 g/mol. The third kappa shape index (κ3) is 5.03. The first-order chi connectivity index (χ1) is 13.8. The molecule has 0 aliphatic rings. The molecule has 8 heteroatoms. The Morgan fingerprint density at radius 3 is 2.37 bits per heavy atom. The maximum atomic E-state index is 13.4. The maximum absolute atomic E-state index is 13.4. The minimum absolute atomic E-state index is 0. The van der Waals surface area contributed by atoms with E-state index in [1.54, 1.807) is 48.7 Å². The number of aryl methyl sites for hydroxylation is 2. The second-order valence-corrected chi connectivity index (χ2v) is 8.26. The third-order valence-corrected chi connectivity index (χ3v) is 5.72. The second kappa shape index (κ2) is 10.1. The van der Waals surface area contributed by atoms with Gasteiger partial charge in [-0.15, -0.1) is 12.4 Å².